The van der Waals surface area contributed by atoms with Crippen molar-refractivity contribution in [1.82, 2.24) is 5.32 Å². The average molecular weight is 250 g/mol. The van der Waals surface area contributed by atoms with Crippen LogP contribution in [0.1, 0.15) is 29.3 Å². The lowest BCUT2D eigenvalue weighted by Crippen LogP contribution is -2.32. The third-order valence-corrected chi connectivity index (χ3v) is 2.88. The fraction of sp³-hybridized carbons (Fsp3) is 0.385. The van der Waals surface area contributed by atoms with E-state index in [1.807, 2.05) is 6.92 Å². The molecule has 0 spiro atoms. The first-order chi connectivity index (χ1) is 8.45. The molecule has 0 aliphatic heterocycles. The summed E-state index contributed by atoms with van der Waals surface area (Å²) in [6, 6.07) is 4.98. The zero-order valence-electron chi connectivity index (χ0n) is 10.6. The molecule has 1 amide bonds. The Hall–Kier alpha value is -2.04. The van der Waals surface area contributed by atoms with Crippen LogP contribution in [0.15, 0.2) is 18.2 Å². The van der Waals surface area contributed by atoms with Crippen LogP contribution in [0, 0.1) is 12.8 Å². The van der Waals surface area contributed by atoms with Crippen LogP contribution in [-0.4, -0.2) is 23.5 Å². The number of nitrogens with one attached hydrogen (secondary N) is 1. The number of hydrogen-bond donors (Lipinski definition) is 3. The first-order valence-electron chi connectivity index (χ1n) is 5.82. The number of amides is 1. The molecule has 1 rings (SSSR count). The summed E-state index contributed by atoms with van der Waals surface area (Å²) in [5, 5.41) is 11.5. The minimum Gasteiger partial charge on any atom is -0.481 e. The Morgan fingerprint density at radius 2 is 2.11 bits per heavy atom. The SMILES string of the molecule is CCC(CNC(=O)c1ccc(N)c(C)c1)C(=O)O. The Morgan fingerprint density at radius 3 is 2.61 bits per heavy atom. The molecule has 0 saturated heterocycles. The lowest BCUT2D eigenvalue weighted by Gasteiger charge is -2.11. The molecule has 0 aliphatic rings. The zero-order valence-corrected chi connectivity index (χ0v) is 10.6. The van der Waals surface area contributed by atoms with E-state index in [2.05, 4.69) is 5.32 Å². The van der Waals surface area contributed by atoms with Crippen LogP contribution in [-0.2, 0) is 4.79 Å². The number of hydrogen-bond acceptors (Lipinski definition) is 3. The molecule has 0 heterocycles. The summed E-state index contributed by atoms with van der Waals surface area (Å²) in [7, 11) is 0. The van der Waals surface area contributed by atoms with E-state index in [1.54, 1.807) is 25.1 Å². The molecule has 1 atom stereocenters. The van der Waals surface area contributed by atoms with Gasteiger partial charge < -0.3 is 16.2 Å². The van der Waals surface area contributed by atoms with Gasteiger partial charge in [0, 0.05) is 17.8 Å². The van der Waals surface area contributed by atoms with Gasteiger partial charge in [-0.15, -0.1) is 0 Å². The van der Waals surface area contributed by atoms with Crippen molar-refractivity contribution in [1.29, 1.82) is 0 Å². The van der Waals surface area contributed by atoms with E-state index in [0.29, 0.717) is 17.7 Å². The summed E-state index contributed by atoms with van der Waals surface area (Å²) in [4.78, 5) is 22.6. The van der Waals surface area contributed by atoms with E-state index >= 15 is 0 Å². The first kappa shape index (κ1) is 14.0. The molecule has 98 valence electrons. The third-order valence-electron chi connectivity index (χ3n) is 2.88. The van der Waals surface area contributed by atoms with Crippen LogP contribution in [0.25, 0.3) is 0 Å². The predicted octanol–water partition coefficient (Wildman–Crippen LogP) is 1.42. The van der Waals surface area contributed by atoms with Crippen molar-refractivity contribution in [3.05, 3.63) is 29.3 Å². The topological polar surface area (TPSA) is 92.4 Å². The van der Waals surface area contributed by atoms with Crippen molar-refractivity contribution in [2.75, 3.05) is 12.3 Å². The van der Waals surface area contributed by atoms with Crippen molar-refractivity contribution in [3.8, 4) is 0 Å². The van der Waals surface area contributed by atoms with E-state index < -0.39 is 11.9 Å². The van der Waals surface area contributed by atoms with Crippen LogP contribution >= 0.6 is 0 Å². The van der Waals surface area contributed by atoms with E-state index in [-0.39, 0.29) is 12.5 Å². The fourth-order valence-electron chi connectivity index (χ4n) is 1.54. The van der Waals surface area contributed by atoms with Crippen LogP contribution in [0.2, 0.25) is 0 Å². The van der Waals surface area contributed by atoms with Gasteiger partial charge in [-0.05, 0) is 37.1 Å². The summed E-state index contributed by atoms with van der Waals surface area (Å²) in [6.45, 7) is 3.73. The van der Waals surface area contributed by atoms with Crippen LogP contribution in [0.5, 0.6) is 0 Å². The van der Waals surface area contributed by atoms with Crippen molar-refractivity contribution < 1.29 is 14.7 Å². The molecule has 5 nitrogen and oxygen atoms in total. The number of aliphatic carboxylic acids is 1. The van der Waals surface area contributed by atoms with E-state index in [1.165, 1.54) is 0 Å². The molecule has 5 heteroatoms. The summed E-state index contributed by atoms with van der Waals surface area (Å²) in [5.41, 5.74) is 7.61. The number of rotatable bonds is 5. The lowest BCUT2D eigenvalue weighted by atomic mass is 10.1. The third kappa shape index (κ3) is 3.48. The number of carboxylic acids is 1. The highest BCUT2D eigenvalue weighted by Gasteiger charge is 2.16. The Kier molecular flexibility index (Phi) is 4.71. The van der Waals surface area contributed by atoms with Gasteiger partial charge in [0.25, 0.3) is 5.91 Å². The molecular formula is C13H18N2O3. The van der Waals surface area contributed by atoms with Crippen LogP contribution in [0.4, 0.5) is 5.69 Å². The number of carbonyl (C=O) groups is 2. The van der Waals surface area contributed by atoms with Gasteiger partial charge in [-0.2, -0.15) is 0 Å². The van der Waals surface area contributed by atoms with E-state index in [9.17, 15) is 9.59 Å². The molecule has 0 radical (unpaired) electrons. The quantitative estimate of drug-likeness (QED) is 0.689. The number of carbonyl (C=O) groups excluding carboxylic acids is 1. The van der Waals surface area contributed by atoms with Crippen molar-refractivity contribution in [2.24, 2.45) is 5.92 Å². The molecule has 18 heavy (non-hydrogen) atoms. The number of nitrogen functional groups attached to an aromatic ring is 1. The predicted molar refractivity (Wildman–Crippen MR) is 69.3 cm³/mol. The van der Waals surface area contributed by atoms with Gasteiger partial charge in [0.15, 0.2) is 0 Å². The number of aryl methyl sites for hydroxylation is 1. The molecule has 1 aromatic rings. The monoisotopic (exact) mass is 250 g/mol. The minimum atomic E-state index is -0.897. The Bertz CT molecular complexity index is 458. The maximum atomic E-state index is 11.8. The van der Waals surface area contributed by atoms with Gasteiger partial charge in [0.2, 0.25) is 0 Å². The highest BCUT2D eigenvalue weighted by molar-refractivity contribution is 5.95. The zero-order chi connectivity index (χ0) is 13.7. The normalized spacial score (nSPS) is 11.9. The number of nitrogens with two attached hydrogens (primary N) is 1. The van der Waals surface area contributed by atoms with Crippen molar-refractivity contribution in [3.63, 3.8) is 0 Å². The molecular weight excluding hydrogens is 232 g/mol. The number of benzene rings is 1. The first-order valence-corrected chi connectivity index (χ1v) is 5.82. The summed E-state index contributed by atoms with van der Waals surface area (Å²) in [5.74, 6) is -1.73. The fourth-order valence-corrected chi connectivity index (χ4v) is 1.54. The average Bonchev–Trinajstić information content (AvgIpc) is 2.32. The van der Waals surface area contributed by atoms with Crippen molar-refractivity contribution in [2.45, 2.75) is 20.3 Å². The van der Waals surface area contributed by atoms with Crippen LogP contribution in [0.3, 0.4) is 0 Å². The lowest BCUT2D eigenvalue weighted by molar-refractivity contribution is -0.141. The van der Waals surface area contributed by atoms with Gasteiger partial charge in [-0.25, -0.2) is 0 Å². The molecule has 0 saturated carbocycles. The molecule has 0 aliphatic carbocycles. The standard InChI is InChI=1S/C13H18N2O3/c1-3-9(13(17)18)7-15-12(16)10-4-5-11(14)8(2)6-10/h4-6,9H,3,7,14H2,1-2H3,(H,15,16)(H,17,18). The highest BCUT2D eigenvalue weighted by atomic mass is 16.4. The van der Waals surface area contributed by atoms with Gasteiger partial charge in [0.05, 0.1) is 5.92 Å². The van der Waals surface area contributed by atoms with Gasteiger partial charge >= 0.3 is 5.97 Å². The van der Waals surface area contributed by atoms with Crippen LogP contribution < -0.4 is 11.1 Å². The largest absolute Gasteiger partial charge is 0.481 e. The second kappa shape index (κ2) is 6.05. The minimum absolute atomic E-state index is 0.133. The van der Waals surface area contributed by atoms with Crippen molar-refractivity contribution >= 4 is 17.6 Å². The highest BCUT2D eigenvalue weighted by Crippen LogP contribution is 2.12. The Morgan fingerprint density at radius 1 is 1.44 bits per heavy atom. The second-order valence-electron chi connectivity index (χ2n) is 4.22. The summed E-state index contributed by atoms with van der Waals surface area (Å²) >= 11 is 0. The Labute approximate surface area is 106 Å². The molecule has 0 bridgehead atoms. The summed E-state index contributed by atoms with van der Waals surface area (Å²) in [6.07, 6.45) is 0.483. The maximum Gasteiger partial charge on any atom is 0.308 e. The van der Waals surface area contributed by atoms with Gasteiger partial charge in [0.1, 0.15) is 0 Å². The maximum absolute atomic E-state index is 11.8. The molecule has 0 fully saturated rings. The van der Waals surface area contributed by atoms with Gasteiger partial charge in [-0.1, -0.05) is 6.92 Å². The van der Waals surface area contributed by atoms with E-state index in [4.69, 9.17) is 10.8 Å². The molecule has 1 unspecified atom stereocenters. The smallest absolute Gasteiger partial charge is 0.308 e. The number of carboxylic acid groups (broad SMARTS) is 1. The van der Waals surface area contributed by atoms with E-state index in [0.717, 1.165) is 5.56 Å². The number of anilines is 1. The summed E-state index contributed by atoms with van der Waals surface area (Å²) < 4.78 is 0. The van der Waals surface area contributed by atoms with Gasteiger partial charge in [-0.3, -0.25) is 9.59 Å². The molecule has 1 aromatic carbocycles. The molecule has 0 aromatic heterocycles. The molecule has 4 N–H and O–H groups in total. The second-order valence-corrected chi connectivity index (χ2v) is 4.22. The Balaban J connectivity index is 2.65.